The first kappa shape index (κ1) is 11.5. The van der Waals surface area contributed by atoms with Crippen LogP contribution in [0.5, 0.6) is 0 Å². The van der Waals surface area contributed by atoms with Crippen molar-refractivity contribution in [1.29, 1.82) is 0 Å². The van der Waals surface area contributed by atoms with Crippen LogP contribution in [0.4, 0.5) is 5.69 Å². The molecule has 0 amide bonds. The number of nitro groups is 1. The van der Waals surface area contributed by atoms with E-state index in [0.717, 1.165) is 11.1 Å². The number of aromatic nitrogens is 2. The Balaban J connectivity index is 2.60. The number of hydrogen-bond acceptors (Lipinski definition) is 4. The van der Waals surface area contributed by atoms with Crippen LogP contribution in [0, 0.1) is 17.0 Å². The molecule has 2 aromatic heterocycles. The maximum atomic E-state index is 10.7. The topological polar surface area (TPSA) is 68.9 Å². The minimum atomic E-state index is -0.492. The van der Waals surface area contributed by atoms with Crippen molar-refractivity contribution in [3.63, 3.8) is 0 Å². The summed E-state index contributed by atoms with van der Waals surface area (Å²) in [5.41, 5.74) is 2.07. The lowest BCUT2D eigenvalue weighted by Gasteiger charge is -2.04. The van der Waals surface area contributed by atoms with Crippen LogP contribution >= 0.6 is 11.6 Å². The maximum absolute atomic E-state index is 10.7. The molecule has 0 atom stereocenters. The lowest BCUT2D eigenvalue weighted by molar-refractivity contribution is -0.384. The summed E-state index contributed by atoms with van der Waals surface area (Å²) < 4.78 is 0. The highest BCUT2D eigenvalue weighted by molar-refractivity contribution is 6.29. The molecule has 0 aliphatic heterocycles. The molecule has 0 radical (unpaired) electrons. The summed E-state index contributed by atoms with van der Waals surface area (Å²) >= 11 is 5.77. The summed E-state index contributed by atoms with van der Waals surface area (Å²) in [5, 5.41) is 10.8. The molecule has 0 bridgehead atoms. The van der Waals surface area contributed by atoms with Crippen molar-refractivity contribution in [3.05, 3.63) is 51.4 Å². The normalized spacial score (nSPS) is 10.2. The van der Waals surface area contributed by atoms with E-state index in [-0.39, 0.29) is 10.8 Å². The second kappa shape index (κ2) is 4.47. The molecule has 86 valence electrons. The minimum absolute atomic E-state index is 0.0730. The summed E-state index contributed by atoms with van der Waals surface area (Å²) in [6.45, 7) is 1.86. The smallest absolute Gasteiger partial charge is 0.264 e. The van der Waals surface area contributed by atoms with Gasteiger partial charge in [-0.1, -0.05) is 11.6 Å². The first-order valence-electron chi connectivity index (χ1n) is 4.81. The molecule has 0 saturated carbocycles. The Morgan fingerprint density at radius 2 is 2.18 bits per heavy atom. The van der Waals surface area contributed by atoms with Crippen molar-refractivity contribution in [2.45, 2.75) is 6.92 Å². The number of pyridine rings is 2. The second-order valence-electron chi connectivity index (χ2n) is 3.48. The molecule has 2 rings (SSSR count). The predicted molar refractivity (Wildman–Crippen MR) is 63.9 cm³/mol. The van der Waals surface area contributed by atoms with E-state index >= 15 is 0 Å². The van der Waals surface area contributed by atoms with E-state index in [1.807, 2.05) is 6.92 Å². The third-order valence-corrected chi connectivity index (χ3v) is 2.48. The standard InChI is InChI=1S/C11H8ClN3O2/c1-7-6-13-3-2-9(7)10-4-8(15(16)17)5-11(12)14-10/h2-6H,1H3. The Labute approximate surface area is 102 Å². The van der Waals surface area contributed by atoms with Gasteiger partial charge >= 0.3 is 0 Å². The van der Waals surface area contributed by atoms with Crippen LogP contribution in [0.3, 0.4) is 0 Å². The molecule has 17 heavy (non-hydrogen) atoms. The van der Waals surface area contributed by atoms with Gasteiger partial charge in [0, 0.05) is 24.0 Å². The Bertz CT molecular complexity index is 587. The minimum Gasteiger partial charge on any atom is -0.264 e. The van der Waals surface area contributed by atoms with Crippen LogP contribution in [-0.4, -0.2) is 14.9 Å². The van der Waals surface area contributed by atoms with Crippen molar-refractivity contribution < 1.29 is 4.92 Å². The monoisotopic (exact) mass is 249 g/mol. The summed E-state index contributed by atoms with van der Waals surface area (Å²) in [4.78, 5) is 18.3. The molecule has 0 unspecified atom stereocenters. The number of rotatable bonds is 2. The van der Waals surface area contributed by atoms with Gasteiger partial charge in [0.2, 0.25) is 0 Å². The van der Waals surface area contributed by atoms with E-state index in [2.05, 4.69) is 9.97 Å². The van der Waals surface area contributed by atoms with Gasteiger partial charge in [-0.3, -0.25) is 15.1 Å². The molecule has 2 heterocycles. The van der Waals surface area contributed by atoms with Crippen LogP contribution < -0.4 is 0 Å². The molecular weight excluding hydrogens is 242 g/mol. The number of aryl methyl sites for hydroxylation is 1. The molecule has 0 aliphatic carbocycles. The Kier molecular flexibility index (Phi) is 3.01. The molecule has 5 nitrogen and oxygen atoms in total. The van der Waals surface area contributed by atoms with E-state index < -0.39 is 4.92 Å². The Morgan fingerprint density at radius 3 is 2.82 bits per heavy atom. The molecule has 0 saturated heterocycles. The van der Waals surface area contributed by atoms with Crippen LogP contribution in [0.25, 0.3) is 11.3 Å². The van der Waals surface area contributed by atoms with Crippen LogP contribution in [0.15, 0.2) is 30.6 Å². The number of halogens is 1. The van der Waals surface area contributed by atoms with Gasteiger partial charge in [-0.25, -0.2) is 4.98 Å². The predicted octanol–water partition coefficient (Wildman–Crippen LogP) is 3.01. The van der Waals surface area contributed by atoms with Gasteiger partial charge in [0.15, 0.2) is 0 Å². The zero-order valence-corrected chi connectivity index (χ0v) is 9.68. The third kappa shape index (κ3) is 2.39. The van der Waals surface area contributed by atoms with Crippen molar-refractivity contribution in [1.82, 2.24) is 9.97 Å². The SMILES string of the molecule is Cc1cnccc1-c1cc([N+](=O)[O-])cc(Cl)n1. The van der Waals surface area contributed by atoms with E-state index in [0.29, 0.717) is 5.69 Å². The molecule has 0 spiro atoms. The molecule has 6 heteroatoms. The molecule has 2 aromatic rings. The quantitative estimate of drug-likeness (QED) is 0.466. The van der Waals surface area contributed by atoms with Gasteiger partial charge in [-0.05, 0) is 18.6 Å². The van der Waals surface area contributed by atoms with Crippen LogP contribution in [-0.2, 0) is 0 Å². The molecule has 0 aromatic carbocycles. The van der Waals surface area contributed by atoms with E-state index in [1.165, 1.54) is 12.1 Å². The van der Waals surface area contributed by atoms with Gasteiger partial charge in [-0.2, -0.15) is 0 Å². The lowest BCUT2D eigenvalue weighted by Crippen LogP contribution is -1.93. The summed E-state index contributed by atoms with van der Waals surface area (Å²) in [7, 11) is 0. The summed E-state index contributed by atoms with van der Waals surface area (Å²) in [6.07, 6.45) is 3.28. The first-order chi connectivity index (χ1) is 8.08. The molecule has 0 fully saturated rings. The van der Waals surface area contributed by atoms with Gasteiger partial charge in [0.1, 0.15) is 5.15 Å². The van der Waals surface area contributed by atoms with Gasteiger partial charge < -0.3 is 0 Å². The largest absolute Gasteiger partial charge is 0.274 e. The average Bonchev–Trinajstić information content (AvgIpc) is 2.28. The third-order valence-electron chi connectivity index (χ3n) is 2.29. The Morgan fingerprint density at radius 1 is 1.41 bits per heavy atom. The summed E-state index contributed by atoms with van der Waals surface area (Å²) in [5.74, 6) is 0. The zero-order valence-electron chi connectivity index (χ0n) is 8.92. The van der Waals surface area contributed by atoms with Crippen molar-refractivity contribution in [3.8, 4) is 11.3 Å². The van der Waals surface area contributed by atoms with Crippen LogP contribution in [0.1, 0.15) is 5.56 Å². The van der Waals surface area contributed by atoms with E-state index in [9.17, 15) is 10.1 Å². The zero-order chi connectivity index (χ0) is 12.4. The van der Waals surface area contributed by atoms with Crippen molar-refractivity contribution in [2.24, 2.45) is 0 Å². The molecule has 0 N–H and O–H groups in total. The Hall–Kier alpha value is -2.01. The molecular formula is C11H8ClN3O2. The number of hydrogen-bond donors (Lipinski definition) is 0. The fraction of sp³-hybridized carbons (Fsp3) is 0.0909. The van der Waals surface area contributed by atoms with Gasteiger partial charge in [0.25, 0.3) is 5.69 Å². The van der Waals surface area contributed by atoms with Gasteiger partial charge in [0.05, 0.1) is 16.7 Å². The van der Waals surface area contributed by atoms with Crippen LogP contribution in [0.2, 0.25) is 5.15 Å². The van der Waals surface area contributed by atoms with Gasteiger partial charge in [-0.15, -0.1) is 0 Å². The highest BCUT2D eigenvalue weighted by Crippen LogP contribution is 2.26. The highest BCUT2D eigenvalue weighted by atomic mass is 35.5. The number of nitrogens with zero attached hydrogens (tertiary/aromatic N) is 3. The first-order valence-corrected chi connectivity index (χ1v) is 5.18. The molecule has 0 aliphatic rings. The fourth-order valence-electron chi connectivity index (χ4n) is 1.49. The van der Waals surface area contributed by atoms with E-state index in [1.54, 1.807) is 18.5 Å². The highest BCUT2D eigenvalue weighted by Gasteiger charge is 2.12. The van der Waals surface area contributed by atoms with Crippen molar-refractivity contribution >= 4 is 17.3 Å². The fourth-order valence-corrected chi connectivity index (χ4v) is 1.69. The maximum Gasteiger partial charge on any atom is 0.274 e. The van der Waals surface area contributed by atoms with Crippen molar-refractivity contribution in [2.75, 3.05) is 0 Å². The lowest BCUT2D eigenvalue weighted by atomic mass is 10.1. The second-order valence-corrected chi connectivity index (χ2v) is 3.87. The summed E-state index contributed by atoms with van der Waals surface area (Å²) in [6, 6.07) is 4.37. The van der Waals surface area contributed by atoms with E-state index in [4.69, 9.17) is 11.6 Å². The average molecular weight is 250 g/mol.